The lowest BCUT2D eigenvalue weighted by Gasteiger charge is -2.06. The zero-order chi connectivity index (χ0) is 14.0. The van der Waals surface area contributed by atoms with Gasteiger partial charge in [0.15, 0.2) is 0 Å². The zero-order valence-electron chi connectivity index (χ0n) is 9.32. The van der Waals surface area contributed by atoms with Crippen molar-refractivity contribution in [3.63, 3.8) is 0 Å². The zero-order valence-corrected chi connectivity index (χ0v) is 11.6. The minimum Gasteiger partial charge on any atom is -0.399 e. The summed E-state index contributed by atoms with van der Waals surface area (Å²) in [6.07, 6.45) is 0. The predicted octanol–water partition coefficient (Wildman–Crippen LogP) is 3.27. The number of amides is 1. The minimum absolute atomic E-state index is 0.0617. The molecular formula is C11H7Cl3N4O. The molecule has 0 saturated carbocycles. The van der Waals surface area contributed by atoms with E-state index in [-0.39, 0.29) is 16.3 Å². The van der Waals surface area contributed by atoms with Crippen molar-refractivity contribution in [2.45, 2.75) is 0 Å². The first kappa shape index (κ1) is 13.9. The van der Waals surface area contributed by atoms with Gasteiger partial charge in [0.05, 0.1) is 0 Å². The molecule has 1 aromatic heterocycles. The highest BCUT2D eigenvalue weighted by molar-refractivity contribution is 6.32. The van der Waals surface area contributed by atoms with E-state index >= 15 is 0 Å². The Morgan fingerprint density at radius 3 is 2.47 bits per heavy atom. The van der Waals surface area contributed by atoms with Crippen molar-refractivity contribution in [1.82, 2.24) is 9.97 Å². The van der Waals surface area contributed by atoms with Crippen LogP contribution in [0.1, 0.15) is 10.4 Å². The maximum Gasteiger partial charge on any atom is 0.256 e. The van der Waals surface area contributed by atoms with E-state index in [1.165, 1.54) is 24.3 Å². The van der Waals surface area contributed by atoms with Crippen molar-refractivity contribution in [2.24, 2.45) is 0 Å². The Labute approximate surface area is 123 Å². The first-order valence-electron chi connectivity index (χ1n) is 5.01. The summed E-state index contributed by atoms with van der Waals surface area (Å²) < 4.78 is 0. The summed E-state index contributed by atoms with van der Waals surface area (Å²) >= 11 is 17.2. The van der Waals surface area contributed by atoms with Gasteiger partial charge >= 0.3 is 0 Å². The van der Waals surface area contributed by atoms with Crippen LogP contribution in [0.15, 0.2) is 24.3 Å². The van der Waals surface area contributed by atoms with Crippen molar-refractivity contribution < 1.29 is 4.79 Å². The molecular weight excluding hydrogens is 311 g/mol. The van der Waals surface area contributed by atoms with E-state index in [9.17, 15) is 4.79 Å². The van der Waals surface area contributed by atoms with Crippen LogP contribution in [0.3, 0.4) is 0 Å². The molecule has 0 saturated heterocycles. The molecule has 0 bridgehead atoms. The van der Waals surface area contributed by atoms with Gasteiger partial charge < -0.3 is 11.1 Å². The number of hydrogen-bond acceptors (Lipinski definition) is 4. The van der Waals surface area contributed by atoms with Crippen LogP contribution in [0, 0.1) is 0 Å². The molecule has 0 atom stereocenters. The van der Waals surface area contributed by atoms with E-state index in [0.29, 0.717) is 16.3 Å². The van der Waals surface area contributed by atoms with Gasteiger partial charge in [-0.2, -0.15) is 0 Å². The second kappa shape index (κ2) is 5.61. The van der Waals surface area contributed by atoms with Gasteiger partial charge in [0, 0.05) is 22.3 Å². The van der Waals surface area contributed by atoms with E-state index in [1.807, 2.05) is 0 Å². The number of rotatable bonds is 2. The van der Waals surface area contributed by atoms with E-state index in [0.717, 1.165) is 0 Å². The van der Waals surface area contributed by atoms with Crippen molar-refractivity contribution >= 4 is 52.2 Å². The van der Waals surface area contributed by atoms with Gasteiger partial charge in [-0.3, -0.25) is 4.79 Å². The van der Waals surface area contributed by atoms with Crippen molar-refractivity contribution in [2.75, 3.05) is 11.1 Å². The Bertz CT molecular complexity index is 607. The lowest BCUT2D eigenvalue weighted by molar-refractivity contribution is 0.102. The fourth-order valence-electron chi connectivity index (χ4n) is 1.39. The molecule has 1 heterocycles. The molecule has 0 radical (unpaired) electrons. The van der Waals surface area contributed by atoms with Gasteiger partial charge in [-0.15, -0.1) is 0 Å². The third-order valence-electron chi connectivity index (χ3n) is 2.09. The number of aromatic nitrogens is 2. The van der Waals surface area contributed by atoms with Gasteiger partial charge in [0.25, 0.3) is 5.91 Å². The number of nitrogens with one attached hydrogen (secondary N) is 1. The van der Waals surface area contributed by atoms with E-state index in [4.69, 9.17) is 40.5 Å². The molecule has 0 aliphatic carbocycles. The first-order chi connectivity index (χ1) is 8.94. The standard InChI is InChI=1S/C11H7Cl3N4O/c12-6-1-5(2-7(15)3-6)10(19)17-9-4-8(13)16-11(14)18-9/h1-4H,15H2,(H,16,17,18,19). The Morgan fingerprint density at radius 2 is 1.84 bits per heavy atom. The summed E-state index contributed by atoms with van der Waals surface area (Å²) in [7, 11) is 0. The third-order valence-corrected chi connectivity index (χ3v) is 2.67. The summed E-state index contributed by atoms with van der Waals surface area (Å²) in [5, 5.41) is 2.95. The van der Waals surface area contributed by atoms with Crippen LogP contribution in [-0.2, 0) is 0 Å². The summed E-state index contributed by atoms with van der Waals surface area (Å²) in [6.45, 7) is 0. The van der Waals surface area contributed by atoms with Crippen LogP contribution in [-0.4, -0.2) is 15.9 Å². The molecule has 5 nitrogen and oxygen atoms in total. The maximum atomic E-state index is 12.0. The Hall–Kier alpha value is -1.56. The number of halogens is 3. The number of nitrogens with zero attached hydrogens (tertiary/aromatic N) is 2. The highest BCUT2D eigenvalue weighted by Gasteiger charge is 2.10. The topological polar surface area (TPSA) is 80.9 Å². The summed E-state index contributed by atoms with van der Waals surface area (Å²) in [6, 6.07) is 5.89. The second-order valence-electron chi connectivity index (χ2n) is 3.57. The number of hydrogen-bond donors (Lipinski definition) is 2. The van der Waals surface area contributed by atoms with Crippen molar-refractivity contribution in [1.29, 1.82) is 0 Å². The van der Waals surface area contributed by atoms with Gasteiger partial charge in [-0.1, -0.05) is 23.2 Å². The average Bonchev–Trinajstić information content (AvgIpc) is 2.25. The van der Waals surface area contributed by atoms with Crippen LogP contribution < -0.4 is 11.1 Å². The smallest absolute Gasteiger partial charge is 0.256 e. The lowest BCUT2D eigenvalue weighted by atomic mass is 10.2. The maximum absolute atomic E-state index is 12.0. The van der Waals surface area contributed by atoms with E-state index in [2.05, 4.69) is 15.3 Å². The molecule has 0 aliphatic rings. The van der Waals surface area contributed by atoms with Crippen molar-refractivity contribution in [3.05, 3.63) is 45.3 Å². The van der Waals surface area contributed by atoms with Gasteiger partial charge in [-0.05, 0) is 29.8 Å². The highest BCUT2D eigenvalue weighted by Crippen LogP contribution is 2.19. The van der Waals surface area contributed by atoms with Crippen molar-refractivity contribution in [3.8, 4) is 0 Å². The number of benzene rings is 1. The normalized spacial score (nSPS) is 10.3. The number of nitrogen functional groups attached to an aromatic ring is 1. The molecule has 2 rings (SSSR count). The lowest BCUT2D eigenvalue weighted by Crippen LogP contribution is -2.13. The average molecular weight is 318 g/mol. The molecule has 0 spiro atoms. The largest absolute Gasteiger partial charge is 0.399 e. The van der Waals surface area contributed by atoms with Gasteiger partial charge in [0.1, 0.15) is 11.0 Å². The van der Waals surface area contributed by atoms with Crippen LogP contribution in [0.25, 0.3) is 0 Å². The molecule has 0 unspecified atom stereocenters. The summed E-state index contributed by atoms with van der Waals surface area (Å²) in [5.41, 5.74) is 6.29. The molecule has 2 aromatic rings. The number of nitrogens with two attached hydrogens (primary N) is 1. The SMILES string of the molecule is Nc1cc(Cl)cc(C(=O)Nc2cc(Cl)nc(Cl)n2)c1. The molecule has 19 heavy (non-hydrogen) atoms. The summed E-state index contributed by atoms with van der Waals surface area (Å²) in [4.78, 5) is 19.5. The first-order valence-corrected chi connectivity index (χ1v) is 6.15. The van der Waals surface area contributed by atoms with E-state index in [1.54, 1.807) is 0 Å². The van der Waals surface area contributed by atoms with Gasteiger partial charge in [0.2, 0.25) is 5.28 Å². The van der Waals surface area contributed by atoms with Crippen LogP contribution in [0.4, 0.5) is 11.5 Å². The quantitative estimate of drug-likeness (QED) is 0.506. The Balaban J connectivity index is 2.25. The fraction of sp³-hybridized carbons (Fsp3) is 0. The molecule has 1 amide bonds. The van der Waals surface area contributed by atoms with Crippen LogP contribution >= 0.6 is 34.8 Å². The Kier molecular flexibility index (Phi) is 4.09. The summed E-state index contributed by atoms with van der Waals surface area (Å²) in [5.74, 6) is -0.242. The number of anilines is 2. The molecule has 0 fully saturated rings. The number of carbonyl (C=O) groups is 1. The monoisotopic (exact) mass is 316 g/mol. The van der Waals surface area contributed by atoms with Gasteiger partial charge in [-0.25, -0.2) is 9.97 Å². The fourth-order valence-corrected chi connectivity index (χ4v) is 2.04. The predicted molar refractivity (Wildman–Crippen MR) is 75.9 cm³/mol. The Morgan fingerprint density at radius 1 is 1.11 bits per heavy atom. The molecule has 8 heteroatoms. The number of carbonyl (C=O) groups excluding carboxylic acids is 1. The molecule has 3 N–H and O–H groups in total. The second-order valence-corrected chi connectivity index (χ2v) is 4.73. The third kappa shape index (κ3) is 3.70. The molecule has 1 aromatic carbocycles. The van der Waals surface area contributed by atoms with Crippen LogP contribution in [0.5, 0.6) is 0 Å². The van der Waals surface area contributed by atoms with E-state index < -0.39 is 5.91 Å². The highest BCUT2D eigenvalue weighted by atomic mass is 35.5. The minimum atomic E-state index is -0.431. The molecule has 98 valence electrons. The van der Waals surface area contributed by atoms with Crippen LogP contribution in [0.2, 0.25) is 15.5 Å². The molecule has 0 aliphatic heterocycles.